The highest BCUT2D eigenvalue weighted by Crippen LogP contribution is 2.36. The van der Waals surface area contributed by atoms with Crippen molar-refractivity contribution in [3.63, 3.8) is 0 Å². The third-order valence-corrected chi connectivity index (χ3v) is 10.9. The summed E-state index contributed by atoms with van der Waals surface area (Å²) in [4.78, 5) is 42.9. The molecular weight excluding hydrogens is 723 g/mol. The summed E-state index contributed by atoms with van der Waals surface area (Å²) in [5.41, 5.74) is 0. The molecule has 56 heavy (non-hydrogen) atoms. The quantitative estimate of drug-likeness (QED) is 0.0270. The van der Waals surface area contributed by atoms with Crippen LogP contribution in [0.3, 0.4) is 0 Å². The molecule has 8 nitrogen and oxygen atoms in total. The number of allylic oxidation sites excluding steroid dienone is 4. The third kappa shape index (κ3) is 45.2. The predicted octanol–water partition coefficient (Wildman–Crippen LogP) is 14.7. The van der Waals surface area contributed by atoms with Crippen molar-refractivity contribution in [2.45, 2.75) is 251 Å². The van der Waals surface area contributed by atoms with Crippen LogP contribution in [0.5, 0.6) is 0 Å². The molecule has 0 aliphatic carbocycles. The first-order valence-electron chi connectivity index (χ1n) is 23.6. The smallest absolute Gasteiger partial charge is 0.462 e. The van der Waals surface area contributed by atoms with Gasteiger partial charge in [-0.05, 0) is 51.4 Å². The summed E-state index contributed by atoms with van der Waals surface area (Å²) in [5, 5.41) is 0. The topological polar surface area (TPSA) is 119 Å². The van der Waals surface area contributed by atoms with E-state index in [0.717, 1.165) is 32.1 Å². The van der Waals surface area contributed by atoms with Gasteiger partial charge in [-0.15, -0.1) is 0 Å². The summed E-state index contributed by atoms with van der Waals surface area (Å²) < 4.78 is 26.4. The van der Waals surface area contributed by atoms with Gasteiger partial charge < -0.3 is 19.3 Å². The average Bonchev–Trinajstić information content (AvgIpc) is 3.17. The molecule has 0 saturated carbocycles. The maximum absolute atomic E-state index is 12.4. The Morgan fingerprint density at radius 2 is 0.786 bits per heavy atom. The lowest BCUT2D eigenvalue weighted by Crippen LogP contribution is -2.29. The van der Waals surface area contributed by atoms with Crippen LogP contribution in [0.1, 0.15) is 245 Å². The Bertz CT molecular complexity index is 962. The predicted molar refractivity (Wildman–Crippen MR) is 235 cm³/mol. The molecule has 0 aromatic carbocycles. The lowest BCUT2D eigenvalue weighted by molar-refractivity contribution is -0.161. The van der Waals surface area contributed by atoms with Gasteiger partial charge >= 0.3 is 19.8 Å². The van der Waals surface area contributed by atoms with Gasteiger partial charge in [-0.3, -0.25) is 14.1 Å². The highest BCUT2D eigenvalue weighted by atomic mass is 31.2. The van der Waals surface area contributed by atoms with Gasteiger partial charge in [0.25, 0.3) is 0 Å². The highest BCUT2D eigenvalue weighted by molar-refractivity contribution is 7.46. The summed E-state index contributed by atoms with van der Waals surface area (Å²) in [6.45, 7) is 3.67. The number of ether oxygens (including phenoxy) is 2. The van der Waals surface area contributed by atoms with Crippen LogP contribution in [0.4, 0.5) is 0 Å². The summed E-state index contributed by atoms with van der Waals surface area (Å²) in [6.07, 6.45) is 50.6. The van der Waals surface area contributed by atoms with Crippen molar-refractivity contribution in [3.05, 3.63) is 24.3 Å². The normalized spacial score (nSPS) is 12.6. The second-order valence-corrected chi connectivity index (χ2v) is 17.3. The van der Waals surface area contributed by atoms with Crippen molar-refractivity contribution in [1.82, 2.24) is 0 Å². The number of carbonyl (C=O) groups excluding carboxylic acids is 2. The SMILES string of the molecule is CCCC/C=C/CCCCCCCCCCCC(=O)OC[C@H](COP(=O)(O)O)OC(=O)CCC/C=C/CCCCCCCCCCCCCCCCCCCC. The fourth-order valence-corrected chi connectivity index (χ4v) is 7.25. The molecule has 0 radical (unpaired) electrons. The van der Waals surface area contributed by atoms with Gasteiger partial charge in [0, 0.05) is 12.8 Å². The van der Waals surface area contributed by atoms with Crippen molar-refractivity contribution in [3.8, 4) is 0 Å². The van der Waals surface area contributed by atoms with Crippen molar-refractivity contribution in [2.24, 2.45) is 0 Å². The van der Waals surface area contributed by atoms with E-state index < -0.39 is 32.5 Å². The summed E-state index contributed by atoms with van der Waals surface area (Å²) >= 11 is 0. The molecular formula is C47H89O8P. The van der Waals surface area contributed by atoms with Gasteiger partial charge in [-0.2, -0.15) is 0 Å². The minimum atomic E-state index is -4.76. The molecule has 0 aromatic rings. The van der Waals surface area contributed by atoms with Gasteiger partial charge in [-0.25, -0.2) is 4.57 Å². The molecule has 0 rings (SSSR count). The molecule has 9 heteroatoms. The number of hydrogen-bond donors (Lipinski definition) is 2. The zero-order valence-electron chi connectivity index (χ0n) is 36.5. The van der Waals surface area contributed by atoms with Crippen molar-refractivity contribution < 1.29 is 37.9 Å². The van der Waals surface area contributed by atoms with E-state index in [1.807, 2.05) is 0 Å². The van der Waals surface area contributed by atoms with E-state index in [1.54, 1.807) is 0 Å². The molecule has 0 aromatic heterocycles. The van der Waals surface area contributed by atoms with E-state index in [1.165, 1.54) is 180 Å². The molecule has 0 bridgehead atoms. The molecule has 0 fully saturated rings. The number of hydrogen-bond acceptors (Lipinski definition) is 6. The van der Waals surface area contributed by atoms with Crippen LogP contribution in [-0.4, -0.2) is 41.0 Å². The number of rotatable bonds is 44. The van der Waals surface area contributed by atoms with E-state index in [4.69, 9.17) is 19.3 Å². The Morgan fingerprint density at radius 1 is 0.446 bits per heavy atom. The molecule has 330 valence electrons. The van der Waals surface area contributed by atoms with Crippen LogP contribution < -0.4 is 0 Å². The molecule has 2 N–H and O–H groups in total. The Morgan fingerprint density at radius 3 is 1.20 bits per heavy atom. The Labute approximate surface area is 345 Å². The molecule has 0 amide bonds. The lowest BCUT2D eigenvalue weighted by Gasteiger charge is -2.18. The number of unbranched alkanes of at least 4 members (excludes halogenated alkanes) is 30. The van der Waals surface area contributed by atoms with Gasteiger partial charge in [0.2, 0.25) is 0 Å². The monoisotopic (exact) mass is 813 g/mol. The van der Waals surface area contributed by atoms with E-state index >= 15 is 0 Å². The van der Waals surface area contributed by atoms with Gasteiger partial charge in [0.1, 0.15) is 6.61 Å². The Balaban J connectivity index is 3.84. The minimum absolute atomic E-state index is 0.167. The van der Waals surface area contributed by atoms with Crippen LogP contribution >= 0.6 is 7.82 Å². The number of phosphoric ester groups is 1. The van der Waals surface area contributed by atoms with Gasteiger partial charge in [-0.1, -0.05) is 205 Å². The first-order valence-corrected chi connectivity index (χ1v) is 25.2. The maximum atomic E-state index is 12.4. The molecule has 0 unspecified atom stereocenters. The zero-order valence-corrected chi connectivity index (χ0v) is 37.4. The van der Waals surface area contributed by atoms with Crippen LogP contribution in [0, 0.1) is 0 Å². The molecule has 1 atom stereocenters. The lowest BCUT2D eigenvalue weighted by atomic mass is 10.0. The summed E-state index contributed by atoms with van der Waals surface area (Å²) in [6, 6.07) is 0. The molecule has 0 aliphatic rings. The zero-order chi connectivity index (χ0) is 41.1. The first kappa shape index (κ1) is 54.5. The van der Waals surface area contributed by atoms with Crippen molar-refractivity contribution >= 4 is 19.8 Å². The van der Waals surface area contributed by atoms with Gasteiger partial charge in [0.15, 0.2) is 6.10 Å². The Hall–Kier alpha value is -1.47. The largest absolute Gasteiger partial charge is 0.469 e. The van der Waals surface area contributed by atoms with E-state index in [2.05, 4.69) is 42.7 Å². The second-order valence-electron chi connectivity index (χ2n) is 16.1. The molecule has 0 heterocycles. The standard InChI is InChI=1S/C47H89O8P/c1-3-5-7-9-11-13-15-17-19-20-21-22-23-24-25-26-28-30-32-34-36-38-40-42-47(49)55-45(44-54-56(50,51)52)43-53-46(48)41-39-37-35-33-31-29-27-18-16-14-12-10-8-6-4-2/h10,12,34,36,45H,3-9,11,13-33,35,37-44H2,1-2H3,(H2,50,51,52)/b12-10+,36-34+/t45-/m1/s1. The average molecular weight is 813 g/mol. The first-order chi connectivity index (χ1) is 27.3. The molecule has 0 aliphatic heterocycles. The molecule has 0 spiro atoms. The van der Waals surface area contributed by atoms with E-state index in [9.17, 15) is 14.2 Å². The third-order valence-electron chi connectivity index (χ3n) is 10.4. The second kappa shape index (κ2) is 43.1. The number of esters is 2. The number of phosphoric acid groups is 1. The minimum Gasteiger partial charge on any atom is -0.462 e. The summed E-state index contributed by atoms with van der Waals surface area (Å²) in [5.74, 6) is -0.914. The molecule has 0 saturated heterocycles. The summed E-state index contributed by atoms with van der Waals surface area (Å²) in [7, 11) is -4.76. The van der Waals surface area contributed by atoms with Crippen molar-refractivity contribution in [2.75, 3.05) is 13.2 Å². The van der Waals surface area contributed by atoms with E-state index in [-0.39, 0.29) is 19.4 Å². The van der Waals surface area contributed by atoms with Crippen LogP contribution in [0.2, 0.25) is 0 Å². The van der Waals surface area contributed by atoms with Gasteiger partial charge in [0.05, 0.1) is 6.61 Å². The van der Waals surface area contributed by atoms with Crippen LogP contribution in [0.25, 0.3) is 0 Å². The fraction of sp³-hybridized carbons (Fsp3) is 0.872. The van der Waals surface area contributed by atoms with Crippen molar-refractivity contribution in [1.29, 1.82) is 0 Å². The maximum Gasteiger partial charge on any atom is 0.469 e. The van der Waals surface area contributed by atoms with Crippen LogP contribution in [-0.2, 0) is 28.2 Å². The fourth-order valence-electron chi connectivity index (χ4n) is 6.89. The number of carbonyl (C=O) groups is 2. The Kier molecular flexibility index (Phi) is 42.0. The van der Waals surface area contributed by atoms with E-state index in [0.29, 0.717) is 6.42 Å². The van der Waals surface area contributed by atoms with Crippen LogP contribution in [0.15, 0.2) is 24.3 Å². The highest BCUT2D eigenvalue weighted by Gasteiger charge is 2.22.